The van der Waals surface area contributed by atoms with Crippen molar-refractivity contribution >= 4 is 11.4 Å². The summed E-state index contributed by atoms with van der Waals surface area (Å²) in [4.78, 5) is 3.01. The Labute approximate surface area is 331 Å². The number of unbranched alkanes of at least 4 members (excludes halogenated alkanes) is 15. The molecule has 3 heteroatoms. The molecule has 0 atom stereocenters. The van der Waals surface area contributed by atoms with Crippen LogP contribution < -0.4 is 0 Å². The first-order valence-electron chi connectivity index (χ1n) is 22.1. The number of hydrogen-bond acceptors (Lipinski definition) is 0. The Morgan fingerprint density at radius 1 is 0.423 bits per heavy atom. The predicted octanol–water partition coefficient (Wildman–Crippen LogP) is 16.9. The van der Waals surface area contributed by atoms with Gasteiger partial charge in [-0.15, -0.1) is 0 Å². The Kier molecular flexibility index (Phi) is 27.2. The normalized spacial score (nSPS) is 13.0. The van der Waals surface area contributed by atoms with Crippen molar-refractivity contribution in [2.45, 2.75) is 212 Å². The molecule has 1 aliphatic heterocycles. The summed E-state index contributed by atoms with van der Waals surface area (Å²) in [6.45, 7) is 13.7. The molecular weight excluding hydrogens is 723 g/mol. The number of nitrogens with zero attached hydrogens (tertiary/aromatic N) is 2. The SMILES string of the molecule is CCCCCCCCc1cccc(C2=C(CCCC)C(CCCCC)=C(c3cccc(CCCCCCCC)c3)[N+]2=[N-])c1.CCC[CH2][Pd][CH2]CCC. The van der Waals surface area contributed by atoms with Crippen LogP contribution in [0.2, 0.25) is 9.79 Å². The first-order chi connectivity index (χ1) is 25.6. The van der Waals surface area contributed by atoms with Crippen molar-refractivity contribution in [3.63, 3.8) is 0 Å². The van der Waals surface area contributed by atoms with Crippen molar-refractivity contribution in [3.8, 4) is 0 Å². The molecule has 2 aromatic rings. The molecule has 52 heavy (non-hydrogen) atoms. The summed E-state index contributed by atoms with van der Waals surface area (Å²) in [6.07, 6.45) is 31.7. The van der Waals surface area contributed by atoms with E-state index in [1.807, 2.05) is 0 Å². The van der Waals surface area contributed by atoms with Gasteiger partial charge >= 0.3 is 67.3 Å². The second-order valence-corrected chi connectivity index (χ2v) is 17.5. The maximum absolute atomic E-state index is 12.0. The van der Waals surface area contributed by atoms with Crippen LogP contribution in [0.1, 0.15) is 211 Å². The van der Waals surface area contributed by atoms with Crippen LogP contribution in [0, 0.1) is 0 Å². The summed E-state index contributed by atoms with van der Waals surface area (Å²) in [5.41, 5.74) is 22.0. The molecular formula is C49H80N2Pd. The van der Waals surface area contributed by atoms with Gasteiger partial charge in [-0.2, -0.15) is 0 Å². The number of hydrogen-bond donors (Lipinski definition) is 0. The molecule has 0 radical (unpaired) electrons. The van der Waals surface area contributed by atoms with Crippen LogP contribution >= 0.6 is 0 Å². The quantitative estimate of drug-likeness (QED) is 0.0445. The zero-order valence-corrected chi connectivity index (χ0v) is 36.5. The van der Waals surface area contributed by atoms with E-state index in [9.17, 15) is 5.53 Å². The van der Waals surface area contributed by atoms with E-state index in [0.29, 0.717) is 0 Å². The van der Waals surface area contributed by atoms with Crippen molar-refractivity contribution in [2.24, 2.45) is 0 Å². The second-order valence-electron chi connectivity index (χ2n) is 15.1. The summed E-state index contributed by atoms with van der Waals surface area (Å²) >= 11 is 1.07. The standard InChI is InChI=1S/C41H62N2.2C4H9.Pd/c1-5-9-13-15-17-20-24-34-26-22-28-36(32-34)40-38(30-12-8-4)39(31-19-11-7-3)41(43(40)42)37-29-23-27-35(33-37)25-21-18-16-14-10-6-2;2*1-3-4-2;/h22-23,26-29,32-33H,5-21,24-25,30-31H2,1-4H3;2*1,3-4H2,2H3;. The fraction of sp³-hybridized carbons (Fsp3) is 0.673. The zero-order chi connectivity index (χ0) is 37.7. The third kappa shape index (κ3) is 18.0. The number of benzene rings is 2. The van der Waals surface area contributed by atoms with Gasteiger partial charge < -0.3 is 5.53 Å². The average molecular weight is 804 g/mol. The first-order valence-corrected chi connectivity index (χ1v) is 24.3. The maximum atomic E-state index is 12.0. The van der Waals surface area contributed by atoms with Crippen LogP contribution in [0.5, 0.6) is 0 Å². The molecule has 0 bridgehead atoms. The minimum atomic E-state index is 1.02. The summed E-state index contributed by atoms with van der Waals surface area (Å²) in [7, 11) is 0. The van der Waals surface area contributed by atoms with Crippen molar-refractivity contribution in [1.82, 2.24) is 0 Å². The molecule has 0 amide bonds. The topological polar surface area (TPSA) is 25.3 Å². The van der Waals surface area contributed by atoms with Crippen LogP contribution in [-0.2, 0) is 30.8 Å². The van der Waals surface area contributed by atoms with Gasteiger partial charge in [0.1, 0.15) is 0 Å². The van der Waals surface area contributed by atoms with Crippen LogP contribution in [-0.4, -0.2) is 4.70 Å². The zero-order valence-electron chi connectivity index (χ0n) is 34.9. The van der Waals surface area contributed by atoms with Gasteiger partial charge in [0.05, 0.1) is 0 Å². The number of rotatable bonds is 29. The van der Waals surface area contributed by atoms with E-state index < -0.39 is 0 Å². The van der Waals surface area contributed by atoms with Crippen LogP contribution in [0.3, 0.4) is 0 Å². The molecule has 0 spiro atoms. The van der Waals surface area contributed by atoms with Crippen LogP contribution in [0.15, 0.2) is 59.7 Å². The third-order valence-electron chi connectivity index (χ3n) is 10.4. The van der Waals surface area contributed by atoms with Gasteiger partial charge in [-0.3, -0.25) is 0 Å². The van der Waals surface area contributed by atoms with Gasteiger partial charge in [0.15, 0.2) is 0 Å². The number of aryl methyl sites for hydroxylation is 2. The molecule has 3 rings (SSSR count). The van der Waals surface area contributed by atoms with Gasteiger partial charge in [-0.1, -0.05) is 135 Å². The van der Waals surface area contributed by atoms with E-state index in [-0.39, 0.29) is 0 Å². The molecule has 0 aliphatic carbocycles. The van der Waals surface area contributed by atoms with Crippen LogP contribution in [0.25, 0.3) is 16.9 Å². The Bertz CT molecular complexity index is 1280. The monoisotopic (exact) mass is 803 g/mol. The molecule has 1 aliphatic rings. The van der Waals surface area contributed by atoms with Crippen molar-refractivity contribution in [2.75, 3.05) is 0 Å². The van der Waals surface area contributed by atoms with E-state index in [4.69, 9.17) is 0 Å². The Balaban J connectivity index is 0.000000916. The van der Waals surface area contributed by atoms with E-state index in [0.717, 1.165) is 67.9 Å². The van der Waals surface area contributed by atoms with Crippen molar-refractivity contribution in [1.29, 1.82) is 0 Å². The molecule has 0 saturated heterocycles. The third-order valence-corrected chi connectivity index (χ3v) is 12.6. The van der Waals surface area contributed by atoms with Gasteiger partial charge in [0.2, 0.25) is 11.4 Å². The molecule has 2 aromatic carbocycles. The number of allylic oxidation sites excluding steroid dienone is 2. The van der Waals surface area contributed by atoms with Crippen LogP contribution in [0.4, 0.5) is 0 Å². The minimum absolute atomic E-state index is 1.02. The molecule has 1 heterocycles. The van der Waals surface area contributed by atoms with Gasteiger partial charge in [-0.25, -0.2) is 4.70 Å². The van der Waals surface area contributed by atoms with E-state index in [2.05, 4.69) is 90.1 Å². The summed E-state index contributed by atoms with van der Waals surface area (Å²) < 4.78 is 1.58. The molecule has 0 fully saturated rings. The average Bonchev–Trinajstić information content (AvgIpc) is 3.44. The molecule has 0 saturated carbocycles. The summed E-state index contributed by atoms with van der Waals surface area (Å²) in [5.74, 6) is 0. The molecule has 296 valence electrons. The van der Waals surface area contributed by atoms with Gasteiger partial charge in [0, 0.05) is 22.3 Å². The molecule has 0 aromatic heterocycles. The van der Waals surface area contributed by atoms with Crippen molar-refractivity contribution in [3.05, 3.63) is 87.5 Å². The molecule has 0 unspecified atom stereocenters. The predicted molar refractivity (Wildman–Crippen MR) is 228 cm³/mol. The van der Waals surface area contributed by atoms with Gasteiger partial charge in [0.25, 0.3) is 0 Å². The first kappa shape index (κ1) is 46.3. The fourth-order valence-electron chi connectivity index (χ4n) is 7.12. The molecule has 2 nitrogen and oxygen atoms in total. The van der Waals surface area contributed by atoms with E-state index in [1.165, 1.54) is 165 Å². The van der Waals surface area contributed by atoms with E-state index in [1.54, 1.807) is 4.70 Å². The van der Waals surface area contributed by atoms with Gasteiger partial charge in [-0.05, 0) is 86.8 Å². The van der Waals surface area contributed by atoms with E-state index >= 15 is 0 Å². The summed E-state index contributed by atoms with van der Waals surface area (Å²) in [5, 5.41) is 0. The Morgan fingerprint density at radius 3 is 1.23 bits per heavy atom. The summed E-state index contributed by atoms with van der Waals surface area (Å²) in [6, 6.07) is 18.1. The fourth-order valence-corrected chi connectivity index (χ4v) is 9.38. The Morgan fingerprint density at radius 2 is 0.788 bits per heavy atom. The molecule has 0 N–H and O–H groups in total. The van der Waals surface area contributed by atoms with Crippen molar-refractivity contribution < 1.29 is 22.7 Å². The second kappa shape index (κ2) is 30.5. The Hall–Kier alpha value is -1.82.